The molecule has 0 aromatic heterocycles. The number of anilines is 1. The van der Waals surface area contributed by atoms with Gasteiger partial charge in [0.25, 0.3) is 0 Å². The highest BCUT2D eigenvalue weighted by Crippen LogP contribution is 2.32. The summed E-state index contributed by atoms with van der Waals surface area (Å²) < 4.78 is 19.1. The van der Waals surface area contributed by atoms with Crippen LogP contribution in [0.15, 0.2) is 18.2 Å². The van der Waals surface area contributed by atoms with E-state index in [9.17, 15) is 9.18 Å². The zero-order valence-electron chi connectivity index (χ0n) is 12.0. The number of piperidine rings is 1. The van der Waals surface area contributed by atoms with Crippen LogP contribution in [0.25, 0.3) is 0 Å². The first kappa shape index (κ1) is 14.9. The minimum absolute atomic E-state index is 0.158. The zero-order valence-corrected chi connectivity index (χ0v) is 12.0. The molecule has 1 aromatic rings. The second-order valence-corrected chi connectivity index (χ2v) is 5.35. The molecule has 1 amide bonds. The van der Waals surface area contributed by atoms with Crippen molar-refractivity contribution >= 4 is 11.6 Å². The van der Waals surface area contributed by atoms with E-state index in [-0.39, 0.29) is 11.6 Å². The van der Waals surface area contributed by atoms with E-state index >= 15 is 0 Å². The maximum atomic E-state index is 13.8. The van der Waals surface area contributed by atoms with E-state index < -0.39 is 11.2 Å². The maximum absolute atomic E-state index is 13.8. The van der Waals surface area contributed by atoms with Crippen molar-refractivity contribution in [2.75, 3.05) is 32.1 Å². The molecule has 0 bridgehead atoms. The van der Waals surface area contributed by atoms with Crippen LogP contribution in [-0.4, -0.2) is 32.7 Å². The highest BCUT2D eigenvalue weighted by Gasteiger charge is 2.40. The lowest BCUT2D eigenvalue weighted by molar-refractivity contribution is -0.130. The molecule has 0 spiro atoms. The molecule has 110 valence electrons. The third-order valence-electron chi connectivity index (χ3n) is 3.92. The first-order chi connectivity index (χ1) is 9.59. The largest absolute Gasteiger partial charge is 0.384 e. The molecule has 2 rings (SSSR count). The molecule has 0 unspecified atom stereocenters. The van der Waals surface area contributed by atoms with Crippen LogP contribution < -0.4 is 10.6 Å². The molecule has 5 heteroatoms. The number of rotatable bonds is 4. The van der Waals surface area contributed by atoms with Gasteiger partial charge in [-0.05, 0) is 44.5 Å². The Labute approximate surface area is 118 Å². The summed E-state index contributed by atoms with van der Waals surface area (Å²) >= 11 is 0. The number of carbonyl (C=O) groups excluding carboxylic acids is 1. The van der Waals surface area contributed by atoms with Crippen LogP contribution >= 0.6 is 0 Å². The third-order valence-corrected chi connectivity index (χ3v) is 3.92. The summed E-state index contributed by atoms with van der Waals surface area (Å²) in [4.78, 5) is 12.6. The Hall–Kier alpha value is -1.46. The summed E-state index contributed by atoms with van der Waals surface area (Å²) in [6.45, 7) is 3.68. The van der Waals surface area contributed by atoms with Crippen LogP contribution in [0.3, 0.4) is 0 Å². The molecule has 4 nitrogen and oxygen atoms in total. The Bertz CT molecular complexity index is 459. The van der Waals surface area contributed by atoms with E-state index in [1.807, 2.05) is 0 Å². The Kier molecular flexibility index (Phi) is 4.73. The van der Waals surface area contributed by atoms with Crippen molar-refractivity contribution in [2.24, 2.45) is 5.41 Å². The molecule has 20 heavy (non-hydrogen) atoms. The van der Waals surface area contributed by atoms with Crippen molar-refractivity contribution in [2.45, 2.75) is 19.8 Å². The fraction of sp³-hybridized carbons (Fsp3) is 0.533. The van der Waals surface area contributed by atoms with Gasteiger partial charge in [0, 0.05) is 7.11 Å². The fourth-order valence-electron chi connectivity index (χ4n) is 2.65. The van der Waals surface area contributed by atoms with Crippen molar-refractivity contribution in [1.82, 2.24) is 5.32 Å². The second-order valence-electron chi connectivity index (χ2n) is 5.35. The molecule has 0 aliphatic carbocycles. The number of ether oxygens (including phenoxy) is 1. The van der Waals surface area contributed by atoms with E-state index in [1.54, 1.807) is 26.2 Å². The van der Waals surface area contributed by atoms with Gasteiger partial charge >= 0.3 is 0 Å². The predicted octanol–water partition coefficient (Wildman–Crippen LogP) is 2.09. The molecule has 1 fully saturated rings. The SMILES string of the molecule is COCC1(C(=O)Nc2c(C)cccc2F)CCNCC1. The van der Waals surface area contributed by atoms with Gasteiger partial charge in [-0.1, -0.05) is 12.1 Å². The molecular formula is C15H21FN2O2. The van der Waals surface area contributed by atoms with Gasteiger partial charge in [0.2, 0.25) is 5.91 Å². The summed E-state index contributed by atoms with van der Waals surface area (Å²) in [5, 5.41) is 5.98. The minimum atomic E-state index is -0.575. The summed E-state index contributed by atoms with van der Waals surface area (Å²) in [7, 11) is 1.59. The van der Waals surface area contributed by atoms with Crippen molar-refractivity contribution in [1.29, 1.82) is 0 Å². The molecule has 1 aliphatic heterocycles. The first-order valence-corrected chi connectivity index (χ1v) is 6.85. The molecular weight excluding hydrogens is 259 g/mol. The first-order valence-electron chi connectivity index (χ1n) is 6.85. The van der Waals surface area contributed by atoms with Gasteiger partial charge in [0.05, 0.1) is 17.7 Å². The number of amides is 1. The Morgan fingerprint density at radius 1 is 1.45 bits per heavy atom. The smallest absolute Gasteiger partial charge is 0.233 e. The van der Waals surface area contributed by atoms with E-state index in [1.165, 1.54) is 6.07 Å². The van der Waals surface area contributed by atoms with Gasteiger partial charge in [0.1, 0.15) is 5.82 Å². The van der Waals surface area contributed by atoms with Gasteiger partial charge in [-0.25, -0.2) is 4.39 Å². The fourth-order valence-corrected chi connectivity index (χ4v) is 2.65. The lowest BCUT2D eigenvalue weighted by Crippen LogP contribution is -2.47. The van der Waals surface area contributed by atoms with Crippen LogP contribution in [-0.2, 0) is 9.53 Å². The van der Waals surface area contributed by atoms with Crippen LogP contribution in [0.2, 0.25) is 0 Å². The van der Waals surface area contributed by atoms with Gasteiger partial charge in [-0.2, -0.15) is 0 Å². The normalized spacial score (nSPS) is 17.8. The van der Waals surface area contributed by atoms with Crippen molar-refractivity contribution in [3.8, 4) is 0 Å². The van der Waals surface area contributed by atoms with Crippen LogP contribution in [0.5, 0.6) is 0 Å². The number of para-hydroxylation sites is 1. The number of aryl methyl sites for hydroxylation is 1. The number of hydrogen-bond donors (Lipinski definition) is 2. The molecule has 0 radical (unpaired) electrons. The van der Waals surface area contributed by atoms with Crippen LogP contribution in [0.1, 0.15) is 18.4 Å². The highest BCUT2D eigenvalue weighted by atomic mass is 19.1. The predicted molar refractivity (Wildman–Crippen MR) is 76.2 cm³/mol. The number of hydrogen-bond acceptors (Lipinski definition) is 3. The number of benzene rings is 1. The molecule has 0 atom stereocenters. The molecule has 1 saturated heterocycles. The molecule has 1 aromatic carbocycles. The summed E-state index contributed by atoms with van der Waals surface area (Å²) in [6.07, 6.45) is 1.39. The van der Waals surface area contributed by atoms with Gasteiger partial charge in [-0.15, -0.1) is 0 Å². The van der Waals surface area contributed by atoms with E-state index in [2.05, 4.69) is 10.6 Å². The monoisotopic (exact) mass is 280 g/mol. The Balaban J connectivity index is 2.20. The number of nitrogens with one attached hydrogen (secondary N) is 2. The second kappa shape index (κ2) is 6.33. The standard InChI is InChI=1S/C15H21FN2O2/c1-11-4-3-5-12(16)13(11)18-14(19)15(10-20-2)6-8-17-9-7-15/h3-5,17H,6-10H2,1-2H3,(H,18,19). The van der Waals surface area contributed by atoms with Crippen LogP contribution in [0.4, 0.5) is 10.1 Å². The molecule has 0 saturated carbocycles. The van der Waals surface area contributed by atoms with Crippen molar-refractivity contribution in [3.05, 3.63) is 29.6 Å². The Morgan fingerprint density at radius 3 is 2.75 bits per heavy atom. The quantitative estimate of drug-likeness (QED) is 0.888. The number of carbonyl (C=O) groups is 1. The van der Waals surface area contributed by atoms with Crippen LogP contribution in [0, 0.1) is 18.2 Å². The average molecular weight is 280 g/mol. The Morgan fingerprint density at radius 2 is 2.15 bits per heavy atom. The average Bonchev–Trinajstić information content (AvgIpc) is 2.44. The molecule has 2 N–H and O–H groups in total. The summed E-state index contributed by atoms with van der Waals surface area (Å²) in [6, 6.07) is 4.77. The number of halogens is 1. The van der Waals surface area contributed by atoms with Gasteiger partial charge < -0.3 is 15.4 Å². The summed E-state index contributed by atoms with van der Waals surface area (Å²) in [5.74, 6) is -0.561. The topological polar surface area (TPSA) is 50.4 Å². The van der Waals surface area contributed by atoms with E-state index in [0.717, 1.165) is 18.7 Å². The maximum Gasteiger partial charge on any atom is 0.233 e. The lowest BCUT2D eigenvalue weighted by atomic mass is 9.78. The molecule has 1 heterocycles. The molecule has 1 aliphatic rings. The summed E-state index contributed by atoms with van der Waals surface area (Å²) in [5.41, 5.74) is 0.417. The van der Waals surface area contributed by atoms with Crippen molar-refractivity contribution in [3.63, 3.8) is 0 Å². The third kappa shape index (κ3) is 2.99. The number of methoxy groups -OCH3 is 1. The lowest BCUT2D eigenvalue weighted by Gasteiger charge is -2.35. The van der Waals surface area contributed by atoms with Gasteiger partial charge in [-0.3, -0.25) is 4.79 Å². The van der Waals surface area contributed by atoms with Crippen molar-refractivity contribution < 1.29 is 13.9 Å². The minimum Gasteiger partial charge on any atom is -0.384 e. The van der Waals surface area contributed by atoms with Gasteiger partial charge in [0.15, 0.2) is 0 Å². The van der Waals surface area contributed by atoms with E-state index in [0.29, 0.717) is 19.4 Å². The van der Waals surface area contributed by atoms with E-state index in [4.69, 9.17) is 4.74 Å². The zero-order chi connectivity index (χ0) is 14.6. The highest BCUT2D eigenvalue weighted by molar-refractivity contribution is 5.96.